The number of aliphatic hydroxyl groups is 1. The van der Waals surface area contributed by atoms with Crippen LogP contribution in [0.5, 0.6) is 17.2 Å². The summed E-state index contributed by atoms with van der Waals surface area (Å²) in [5.41, 5.74) is 2.68. The third-order valence-corrected chi connectivity index (χ3v) is 6.00. The fourth-order valence-corrected chi connectivity index (χ4v) is 4.35. The van der Waals surface area contributed by atoms with Crippen molar-refractivity contribution in [3.63, 3.8) is 0 Å². The highest BCUT2D eigenvalue weighted by Crippen LogP contribution is 2.41. The van der Waals surface area contributed by atoms with Crippen LogP contribution in [-0.2, 0) is 16.0 Å². The van der Waals surface area contributed by atoms with Gasteiger partial charge in [-0.05, 0) is 54.8 Å². The van der Waals surface area contributed by atoms with Crippen molar-refractivity contribution >= 4 is 22.6 Å². The summed E-state index contributed by atoms with van der Waals surface area (Å²) < 4.78 is 16.0. The molecule has 0 radical (unpaired) electrons. The van der Waals surface area contributed by atoms with Crippen LogP contribution >= 0.6 is 0 Å². The van der Waals surface area contributed by atoms with Gasteiger partial charge in [0.15, 0.2) is 23.0 Å². The Hall–Kier alpha value is -3.94. The average Bonchev–Trinajstić information content (AvgIpc) is 3.34. The van der Waals surface area contributed by atoms with Gasteiger partial charge in [0.2, 0.25) is 0 Å². The molecule has 4 rings (SSSR count). The van der Waals surface area contributed by atoms with Crippen molar-refractivity contribution in [1.82, 2.24) is 9.88 Å². The molecule has 1 aliphatic heterocycles. The zero-order chi connectivity index (χ0) is 23.7. The minimum absolute atomic E-state index is 0.0767. The van der Waals surface area contributed by atoms with E-state index in [1.807, 2.05) is 24.4 Å². The smallest absolute Gasteiger partial charge is 0.290 e. The number of aromatic nitrogens is 1. The Labute approximate surface area is 191 Å². The largest absolute Gasteiger partial charge is 0.503 e. The van der Waals surface area contributed by atoms with Crippen molar-refractivity contribution in [2.45, 2.75) is 19.4 Å². The lowest BCUT2D eigenvalue weighted by molar-refractivity contribution is -0.129. The first-order valence-electron chi connectivity index (χ1n) is 10.5. The molecule has 8 heteroatoms. The monoisotopic (exact) mass is 450 g/mol. The maximum Gasteiger partial charge on any atom is 0.290 e. The molecular formula is C25H26N2O6. The predicted molar refractivity (Wildman–Crippen MR) is 123 cm³/mol. The van der Waals surface area contributed by atoms with E-state index in [9.17, 15) is 14.7 Å². The molecule has 2 aromatic carbocycles. The molecule has 1 aliphatic rings. The molecule has 0 saturated heterocycles. The molecule has 172 valence electrons. The van der Waals surface area contributed by atoms with E-state index in [4.69, 9.17) is 14.2 Å². The van der Waals surface area contributed by atoms with E-state index in [1.165, 1.54) is 26.0 Å². The quantitative estimate of drug-likeness (QED) is 0.543. The minimum Gasteiger partial charge on any atom is -0.503 e. The molecule has 0 spiro atoms. The second-order valence-corrected chi connectivity index (χ2v) is 7.81. The van der Waals surface area contributed by atoms with Crippen LogP contribution in [-0.4, -0.2) is 54.6 Å². The van der Waals surface area contributed by atoms with Gasteiger partial charge in [-0.2, -0.15) is 0 Å². The molecule has 33 heavy (non-hydrogen) atoms. The Morgan fingerprint density at radius 3 is 2.48 bits per heavy atom. The van der Waals surface area contributed by atoms with E-state index in [-0.39, 0.29) is 11.4 Å². The Morgan fingerprint density at radius 1 is 1.06 bits per heavy atom. The third-order valence-electron chi connectivity index (χ3n) is 6.00. The Bertz CT molecular complexity index is 1260. The van der Waals surface area contributed by atoms with Crippen LogP contribution in [0.1, 0.15) is 24.1 Å². The Kier molecular flexibility index (Phi) is 6.00. The summed E-state index contributed by atoms with van der Waals surface area (Å²) in [5, 5.41) is 11.5. The molecular weight excluding hydrogens is 424 g/mol. The van der Waals surface area contributed by atoms with E-state index < -0.39 is 17.7 Å². The van der Waals surface area contributed by atoms with Crippen LogP contribution < -0.4 is 14.2 Å². The van der Waals surface area contributed by atoms with Crippen LogP contribution in [0, 0.1) is 0 Å². The summed E-state index contributed by atoms with van der Waals surface area (Å²) in [6, 6.07) is 10.2. The number of nitrogens with one attached hydrogen (secondary N) is 1. The number of methoxy groups -OCH3 is 3. The lowest BCUT2D eigenvalue weighted by Crippen LogP contribution is -2.32. The van der Waals surface area contributed by atoms with Gasteiger partial charge in [-0.25, -0.2) is 0 Å². The topological polar surface area (TPSA) is 101 Å². The van der Waals surface area contributed by atoms with Gasteiger partial charge in [0.1, 0.15) is 5.75 Å². The number of nitrogens with zero attached hydrogens (tertiary/aromatic N) is 1. The first-order valence-corrected chi connectivity index (χ1v) is 10.5. The van der Waals surface area contributed by atoms with Gasteiger partial charge >= 0.3 is 0 Å². The molecule has 0 fully saturated rings. The van der Waals surface area contributed by atoms with Gasteiger partial charge in [-0.15, -0.1) is 0 Å². The highest BCUT2D eigenvalue weighted by Gasteiger charge is 2.42. The van der Waals surface area contributed by atoms with Crippen LogP contribution in [0.2, 0.25) is 0 Å². The lowest BCUT2D eigenvalue weighted by Gasteiger charge is -2.27. The van der Waals surface area contributed by atoms with Crippen molar-refractivity contribution in [3.8, 4) is 17.2 Å². The van der Waals surface area contributed by atoms with Crippen LogP contribution in [0.25, 0.3) is 10.9 Å². The highest BCUT2D eigenvalue weighted by atomic mass is 16.5. The molecule has 8 nitrogen and oxygen atoms in total. The van der Waals surface area contributed by atoms with Crippen molar-refractivity contribution in [3.05, 3.63) is 65.1 Å². The number of H-pyrrole nitrogens is 1. The highest BCUT2D eigenvalue weighted by molar-refractivity contribution is 6.08. The fraction of sp³-hybridized carbons (Fsp3) is 0.280. The number of hydrogen-bond donors (Lipinski definition) is 2. The van der Waals surface area contributed by atoms with Gasteiger partial charge in [-0.3, -0.25) is 9.59 Å². The number of benzene rings is 2. The zero-order valence-electron chi connectivity index (χ0n) is 19.0. The standard InChI is InChI=1S/C25H26N2O6/c1-14(28)22-23(15-5-8-20(32-3)21(11-15)33-4)27(25(30)24(22)29)10-9-16-13-26-19-7-6-17(31-2)12-18(16)19/h5-8,11-13,23,26,29H,9-10H2,1-4H3/t23-/m1/s1. The number of carbonyl (C=O) groups excluding carboxylic acids is 2. The van der Waals surface area contributed by atoms with Crippen molar-refractivity contribution in [1.29, 1.82) is 0 Å². The second-order valence-electron chi connectivity index (χ2n) is 7.81. The lowest BCUT2D eigenvalue weighted by atomic mass is 9.96. The third kappa shape index (κ3) is 3.88. The van der Waals surface area contributed by atoms with E-state index in [0.717, 1.165) is 22.2 Å². The molecule has 0 bridgehead atoms. The number of ether oxygens (including phenoxy) is 3. The number of amides is 1. The summed E-state index contributed by atoms with van der Waals surface area (Å²) >= 11 is 0. The molecule has 0 saturated carbocycles. The van der Waals surface area contributed by atoms with Crippen molar-refractivity contribution in [2.24, 2.45) is 0 Å². The summed E-state index contributed by atoms with van der Waals surface area (Å²) in [7, 11) is 4.66. The van der Waals surface area contributed by atoms with Gasteiger partial charge in [0.05, 0.1) is 32.9 Å². The number of aromatic amines is 1. The van der Waals surface area contributed by atoms with Crippen molar-refractivity contribution < 1.29 is 28.9 Å². The Balaban J connectivity index is 1.69. The maximum atomic E-state index is 13.0. The molecule has 2 heterocycles. The summed E-state index contributed by atoms with van der Waals surface area (Å²) in [6.07, 6.45) is 2.41. The predicted octanol–water partition coefficient (Wildman–Crippen LogP) is 3.72. The summed E-state index contributed by atoms with van der Waals surface area (Å²) in [4.78, 5) is 30.2. The Morgan fingerprint density at radius 2 is 1.82 bits per heavy atom. The van der Waals surface area contributed by atoms with Crippen LogP contribution in [0.15, 0.2) is 53.9 Å². The molecule has 1 amide bonds. The summed E-state index contributed by atoms with van der Waals surface area (Å²) in [6.45, 7) is 1.64. The molecule has 0 unspecified atom stereocenters. The fourth-order valence-electron chi connectivity index (χ4n) is 4.35. The molecule has 0 aliphatic carbocycles. The number of hydrogen-bond acceptors (Lipinski definition) is 6. The van der Waals surface area contributed by atoms with Gasteiger partial charge in [0, 0.05) is 23.6 Å². The average molecular weight is 450 g/mol. The number of ketones is 1. The van der Waals surface area contributed by atoms with Crippen LogP contribution in [0.3, 0.4) is 0 Å². The van der Waals surface area contributed by atoms with Crippen molar-refractivity contribution in [2.75, 3.05) is 27.9 Å². The maximum absolute atomic E-state index is 13.0. The number of fused-ring (bicyclic) bond motifs is 1. The minimum atomic E-state index is -0.727. The molecule has 1 aromatic heterocycles. The molecule has 3 aromatic rings. The van der Waals surface area contributed by atoms with E-state index >= 15 is 0 Å². The van der Waals surface area contributed by atoms with Gasteiger partial charge in [0.25, 0.3) is 5.91 Å². The number of carbonyl (C=O) groups is 2. The SMILES string of the molecule is COc1ccc2[nH]cc(CCN3C(=O)C(O)=C(C(C)=O)[C@H]3c3ccc(OC)c(OC)c3)c2c1. The number of aliphatic hydroxyl groups excluding tert-OH is 1. The van der Waals surface area contributed by atoms with Gasteiger partial charge in [-0.1, -0.05) is 6.07 Å². The first-order chi connectivity index (χ1) is 15.9. The molecule has 1 atom stereocenters. The normalized spacial score (nSPS) is 15.9. The van der Waals surface area contributed by atoms with Crippen LogP contribution in [0.4, 0.5) is 0 Å². The van der Waals surface area contributed by atoms with Gasteiger partial charge < -0.3 is 29.2 Å². The first kappa shape index (κ1) is 22.3. The van der Waals surface area contributed by atoms with E-state index in [0.29, 0.717) is 30.0 Å². The summed E-state index contributed by atoms with van der Waals surface area (Å²) in [5.74, 6) is 0.296. The number of rotatable bonds is 8. The van der Waals surface area contributed by atoms with E-state index in [2.05, 4.69) is 4.98 Å². The van der Waals surface area contributed by atoms with E-state index in [1.54, 1.807) is 25.3 Å². The number of Topliss-reactive ketones (excluding diaryl/α,β-unsaturated/α-hetero) is 1. The zero-order valence-corrected chi connectivity index (χ0v) is 19.0. The molecule has 2 N–H and O–H groups in total. The second kappa shape index (κ2) is 8.90.